The predicted molar refractivity (Wildman–Crippen MR) is 67.8 cm³/mol. The summed E-state index contributed by atoms with van der Waals surface area (Å²) >= 11 is 0. The molecule has 1 aromatic rings. The summed E-state index contributed by atoms with van der Waals surface area (Å²) in [6.45, 7) is 10.1. The molecule has 0 fully saturated rings. The van der Waals surface area contributed by atoms with Gasteiger partial charge in [-0.3, -0.25) is 9.48 Å². The van der Waals surface area contributed by atoms with Crippen LogP contribution in [0.5, 0.6) is 0 Å². The van der Waals surface area contributed by atoms with Crippen LogP contribution in [-0.4, -0.2) is 46.8 Å². The van der Waals surface area contributed by atoms with Crippen LogP contribution in [0.15, 0.2) is 12.3 Å². The van der Waals surface area contributed by atoms with E-state index in [9.17, 15) is 4.79 Å². The molecule has 0 radical (unpaired) electrons. The molecule has 5 heteroatoms. The van der Waals surface area contributed by atoms with Gasteiger partial charge in [-0.05, 0) is 26.1 Å². The van der Waals surface area contributed by atoms with Crippen LogP contribution in [0.3, 0.4) is 0 Å². The molecule has 0 aromatic carbocycles. The normalized spacial score (nSPS) is 10.8. The zero-order valence-corrected chi connectivity index (χ0v) is 10.9. The SMILES string of the molecule is CCN(CC)CCNC(=O)Cn1nccc1C. The van der Waals surface area contributed by atoms with Crippen LogP contribution in [-0.2, 0) is 11.3 Å². The number of aryl methyl sites for hydroxylation is 1. The molecule has 0 bridgehead atoms. The van der Waals surface area contributed by atoms with Crippen LogP contribution >= 0.6 is 0 Å². The summed E-state index contributed by atoms with van der Waals surface area (Å²) in [5.74, 6) is 0.0176. The molecular formula is C12H22N4O. The van der Waals surface area contributed by atoms with Gasteiger partial charge in [-0.2, -0.15) is 5.10 Å². The highest BCUT2D eigenvalue weighted by atomic mass is 16.2. The van der Waals surface area contributed by atoms with Crippen molar-refractivity contribution < 1.29 is 4.79 Å². The van der Waals surface area contributed by atoms with Crippen LogP contribution in [0.2, 0.25) is 0 Å². The molecule has 5 nitrogen and oxygen atoms in total. The van der Waals surface area contributed by atoms with Crippen molar-refractivity contribution >= 4 is 5.91 Å². The van der Waals surface area contributed by atoms with E-state index in [0.29, 0.717) is 13.1 Å². The molecular weight excluding hydrogens is 216 g/mol. The second kappa shape index (κ2) is 7.06. The van der Waals surface area contributed by atoms with Gasteiger partial charge in [0.05, 0.1) is 0 Å². The van der Waals surface area contributed by atoms with Gasteiger partial charge in [-0.1, -0.05) is 13.8 Å². The minimum absolute atomic E-state index is 0.0176. The fraction of sp³-hybridized carbons (Fsp3) is 0.667. The molecule has 0 spiro atoms. The molecule has 0 aliphatic heterocycles. The van der Waals surface area contributed by atoms with Crippen molar-refractivity contribution in [3.63, 3.8) is 0 Å². The van der Waals surface area contributed by atoms with E-state index in [1.165, 1.54) is 0 Å². The molecule has 0 saturated heterocycles. The maximum Gasteiger partial charge on any atom is 0.241 e. The van der Waals surface area contributed by atoms with Gasteiger partial charge in [0, 0.05) is 25.0 Å². The Labute approximate surface area is 103 Å². The van der Waals surface area contributed by atoms with E-state index in [1.807, 2.05) is 13.0 Å². The van der Waals surface area contributed by atoms with Gasteiger partial charge in [0.1, 0.15) is 6.54 Å². The van der Waals surface area contributed by atoms with Gasteiger partial charge >= 0.3 is 0 Å². The highest BCUT2D eigenvalue weighted by Gasteiger charge is 2.05. The van der Waals surface area contributed by atoms with Gasteiger partial charge in [0.25, 0.3) is 0 Å². The molecule has 0 saturated carbocycles. The Morgan fingerprint density at radius 2 is 2.18 bits per heavy atom. The Morgan fingerprint density at radius 1 is 1.47 bits per heavy atom. The molecule has 1 aromatic heterocycles. The zero-order chi connectivity index (χ0) is 12.7. The smallest absolute Gasteiger partial charge is 0.241 e. The van der Waals surface area contributed by atoms with Crippen molar-refractivity contribution in [1.82, 2.24) is 20.0 Å². The fourth-order valence-corrected chi connectivity index (χ4v) is 1.65. The number of aromatic nitrogens is 2. The minimum Gasteiger partial charge on any atom is -0.353 e. The molecule has 96 valence electrons. The first kappa shape index (κ1) is 13.7. The summed E-state index contributed by atoms with van der Waals surface area (Å²) < 4.78 is 1.70. The van der Waals surface area contributed by atoms with Crippen LogP contribution < -0.4 is 5.32 Å². The zero-order valence-electron chi connectivity index (χ0n) is 10.9. The lowest BCUT2D eigenvalue weighted by molar-refractivity contribution is -0.121. The standard InChI is InChI=1S/C12H22N4O/c1-4-15(5-2)9-8-13-12(17)10-16-11(3)6-7-14-16/h6-7H,4-5,8-10H2,1-3H3,(H,13,17). The average molecular weight is 238 g/mol. The average Bonchev–Trinajstić information content (AvgIpc) is 2.71. The van der Waals surface area contributed by atoms with Crippen molar-refractivity contribution in [2.45, 2.75) is 27.3 Å². The number of nitrogens with one attached hydrogen (secondary N) is 1. The number of rotatable bonds is 7. The third-order valence-corrected chi connectivity index (χ3v) is 2.87. The van der Waals surface area contributed by atoms with Gasteiger partial charge < -0.3 is 10.2 Å². The first-order valence-electron chi connectivity index (χ1n) is 6.14. The van der Waals surface area contributed by atoms with Crippen LogP contribution in [0.1, 0.15) is 19.5 Å². The van der Waals surface area contributed by atoms with Crippen molar-refractivity contribution in [3.05, 3.63) is 18.0 Å². The van der Waals surface area contributed by atoms with Crippen LogP contribution in [0, 0.1) is 6.92 Å². The Hall–Kier alpha value is -1.36. The topological polar surface area (TPSA) is 50.2 Å². The van der Waals surface area contributed by atoms with Crippen molar-refractivity contribution in [2.24, 2.45) is 0 Å². The first-order chi connectivity index (χ1) is 8.17. The second-order valence-corrected chi connectivity index (χ2v) is 4.01. The quantitative estimate of drug-likeness (QED) is 0.759. The van der Waals surface area contributed by atoms with E-state index in [-0.39, 0.29) is 5.91 Å². The monoisotopic (exact) mass is 238 g/mol. The number of amides is 1. The predicted octanol–water partition coefficient (Wildman–Crippen LogP) is 0.650. The van der Waals surface area contributed by atoms with E-state index in [0.717, 1.165) is 25.3 Å². The highest BCUT2D eigenvalue weighted by molar-refractivity contribution is 5.75. The third-order valence-electron chi connectivity index (χ3n) is 2.87. The molecule has 0 aliphatic carbocycles. The summed E-state index contributed by atoms with van der Waals surface area (Å²) in [4.78, 5) is 13.9. The van der Waals surface area contributed by atoms with Crippen LogP contribution in [0.4, 0.5) is 0 Å². The summed E-state index contributed by atoms with van der Waals surface area (Å²) in [5.41, 5.74) is 1.00. The number of likely N-dealkylation sites (N-methyl/N-ethyl adjacent to an activating group) is 1. The minimum atomic E-state index is 0.0176. The largest absolute Gasteiger partial charge is 0.353 e. The molecule has 1 N–H and O–H groups in total. The molecule has 0 unspecified atom stereocenters. The van der Waals surface area contributed by atoms with E-state index < -0.39 is 0 Å². The lowest BCUT2D eigenvalue weighted by Gasteiger charge is -2.18. The number of hydrogen-bond donors (Lipinski definition) is 1. The summed E-state index contributed by atoms with van der Waals surface area (Å²) in [6, 6.07) is 1.89. The number of carbonyl (C=O) groups excluding carboxylic acids is 1. The Balaban J connectivity index is 2.24. The third kappa shape index (κ3) is 4.56. The van der Waals surface area contributed by atoms with Gasteiger partial charge in [0.2, 0.25) is 5.91 Å². The number of carbonyl (C=O) groups is 1. The molecule has 0 atom stereocenters. The maximum atomic E-state index is 11.6. The van der Waals surface area contributed by atoms with Crippen molar-refractivity contribution in [2.75, 3.05) is 26.2 Å². The van der Waals surface area contributed by atoms with E-state index >= 15 is 0 Å². The molecule has 1 rings (SSSR count). The van der Waals surface area contributed by atoms with Crippen molar-refractivity contribution in [3.8, 4) is 0 Å². The summed E-state index contributed by atoms with van der Waals surface area (Å²) in [7, 11) is 0. The Kier molecular flexibility index (Phi) is 5.69. The Morgan fingerprint density at radius 3 is 2.71 bits per heavy atom. The maximum absolute atomic E-state index is 11.6. The van der Waals surface area contributed by atoms with Gasteiger partial charge in [-0.15, -0.1) is 0 Å². The molecule has 0 aliphatic rings. The number of nitrogens with zero attached hydrogens (tertiary/aromatic N) is 3. The van der Waals surface area contributed by atoms with E-state index in [2.05, 4.69) is 29.2 Å². The summed E-state index contributed by atoms with van der Waals surface area (Å²) in [6.07, 6.45) is 1.71. The second-order valence-electron chi connectivity index (χ2n) is 4.01. The number of hydrogen-bond acceptors (Lipinski definition) is 3. The van der Waals surface area contributed by atoms with Gasteiger partial charge in [0.15, 0.2) is 0 Å². The van der Waals surface area contributed by atoms with E-state index in [1.54, 1.807) is 10.9 Å². The van der Waals surface area contributed by atoms with Crippen LogP contribution in [0.25, 0.3) is 0 Å². The van der Waals surface area contributed by atoms with Crippen molar-refractivity contribution in [1.29, 1.82) is 0 Å². The first-order valence-corrected chi connectivity index (χ1v) is 6.14. The van der Waals surface area contributed by atoms with E-state index in [4.69, 9.17) is 0 Å². The molecule has 1 heterocycles. The highest BCUT2D eigenvalue weighted by Crippen LogP contribution is 1.94. The Bertz CT molecular complexity index is 344. The lowest BCUT2D eigenvalue weighted by atomic mass is 10.4. The molecule has 17 heavy (non-hydrogen) atoms. The molecule has 1 amide bonds. The fourth-order valence-electron chi connectivity index (χ4n) is 1.65. The lowest BCUT2D eigenvalue weighted by Crippen LogP contribution is -2.36. The summed E-state index contributed by atoms with van der Waals surface area (Å²) in [5, 5.41) is 6.98. The van der Waals surface area contributed by atoms with Gasteiger partial charge in [-0.25, -0.2) is 0 Å².